The Labute approximate surface area is 104 Å². The second kappa shape index (κ2) is 4.85. The highest BCUT2D eigenvalue weighted by atomic mass is 16.2. The molecule has 0 bridgehead atoms. The summed E-state index contributed by atoms with van der Waals surface area (Å²) in [7, 11) is 0. The highest BCUT2D eigenvalue weighted by molar-refractivity contribution is 6.00. The molecule has 2 rings (SSSR count). The maximum absolute atomic E-state index is 11.8. The predicted molar refractivity (Wildman–Crippen MR) is 66.7 cm³/mol. The molecule has 18 heavy (non-hydrogen) atoms. The number of carbonyl (C=O) groups excluding carboxylic acids is 2. The van der Waals surface area contributed by atoms with Crippen molar-refractivity contribution in [3.63, 3.8) is 0 Å². The normalized spacial score (nSPS) is 20.4. The van der Waals surface area contributed by atoms with Crippen LogP contribution >= 0.6 is 0 Å². The van der Waals surface area contributed by atoms with E-state index >= 15 is 0 Å². The SMILES string of the molecule is C=C=c1[nH]nc(C2CCC(=O)NC2=O)/c1=C/C=C. The van der Waals surface area contributed by atoms with Gasteiger partial charge >= 0.3 is 0 Å². The summed E-state index contributed by atoms with van der Waals surface area (Å²) < 4.78 is 0. The van der Waals surface area contributed by atoms with Gasteiger partial charge in [0, 0.05) is 11.6 Å². The zero-order valence-corrected chi connectivity index (χ0v) is 9.82. The number of carbonyl (C=O) groups is 2. The van der Waals surface area contributed by atoms with Crippen LogP contribution in [0.3, 0.4) is 0 Å². The molecule has 1 aliphatic heterocycles. The molecule has 1 aromatic rings. The fourth-order valence-corrected chi connectivity index (χ4v) is 2.01. The Bertz CT molecular complexity index is 650. The van der Waals surface area contributed by atoms with E-state index in [0.29, 0.717) is 23.9 Å². The van der Waals surface area contributed by atoms with Gasteiger partial charge < -0.3 is 0 Å². The lowest BCUT2D eigenvalue weighted by atomic mass is 9.94. The minimum Gasteiger partial charge on any atom is -0.296 e. The van der Waals surface area contributed by atoms with Gasteiger partial charge in [-0.1, -0.05) is 25.3 Å². The van der Waals surface area contributed by atoms with Gasteiger partial charge in [-0.05, 0) is 6.42 Å². The van der Waals surface area contributed by atoms with Gasteiger partial charge in [-0.15, -0.1) is 5.73 Å². The first kappa shape index (κ1) is 12.1. The maximum atomic E-state index is 11.8. The Morgan fingerprint density at radius 2 is 2.22 bits per heavy atom. The number of rotatable bonds is 2. The van der Waals surface area contributed by atoms with Crippen LogP contribution in [0.25, 0.3) is 11.8 Å². The molecule has 5 nitrogen and oxygen atoms in total. The molecule has 0 radical (unpaired) electrons. The van der Waals surface area contributed by atoms with Gasteiger partial charge in [0.25, 0.3) is 0 Å². The number of hydrogen-bond donors (Lipinski definition) is 2. The molecule has 1 atom stereocenters. The molecule has 0 spiro atoms. The van der Waals surface area contributed by atoms with Crippen LogP contribution in [0.15, 0.2) is 19.2 Å². The zero-order valence-electron chi connectivity index (χ0n) is 9.82. The second-order valence-electron chi connectivity index (χ2n) is 3.98. The molecule has 1 aromatic heterocycles. The number of imide groups is 1. The molecular formula is C13H13N3O2. The number of aromatic nitrogens is 2. The number of aromatic amines is 1. The van der Waals surface area contributed by atoms with Crippen molar-refractivity contribution in [2.75, 3.05) is 0 Å². The minimum atomic E-state index is -0.424. The van der Waals surface area contributed by atoms with Crippen LogP contribution in [0, 0.1) is 0 Å². The van der Waals surface area contributed by atoms with Crippen LogP contribution < -0.4 is 15.9 Å². The first-order valence-electron chi connectivity index (χ1n) is 5.58. The number of hydrogen-bond acceptors (Lipinski definition) is 3. The third-order valence-corrected chi connectivity index (χ3v) is 2.86. The van der Waals surface area contributed by atoms with Crippen LogP contribution in [-0.4, -0.2) is 22.0 Å². The van der Waals surface area contributed by atoms with E-state index in [1.165, 1.54) is 0 Å². The number of amides is 2. The average molecular weight is 243 g/mol. The van der Waals surface area contributed by atoms with E-state index in [1.54, 1.807) is 12.2 Å². The molecule has 0 aromatic carbocycles. The number of H-pyrrole nitrogens is 1. The summed E-state index contributed by atoms with van der Waals surface area (Å²) in [5.41, 5.74) is 3.32. The summed E-state index contributed by atoms with van der Waals surface area (Å²) in [6, 6.07) is 0. The number of nitrogens with one attached hydrogen (secondary N) is 2. The molecule has 2 amide bonds. The number of piperidine rings is 1. The van der Waals surface area contributed by atoms with E-state index in [-0.39, 0.29) is 11.8 Å². The molecule has 2 heterocycles. The van der Waals surface area contributed by atoms with Crippen molar-refractivity contribution in [1.29, 1.82) is 0 Å². The number of nitrogens with zero attached hydrogens (tertiary/aromatic N) is 1. The quantitative estimate of drug-likeness (QED) is 0.685. The van der Waals surface area contributed by atoms with Gasteiger partial charge in [-0.2, -0.15) is 5.10 Å². The zero-order chi connectivity index (χ0) is 13.1. The van der Waals surface area contributed by atoms with E-state index in [1.807, 2.05) is 0 Å². The monoisotopic (exact) mass is 243 g/mol. The van der Waals surface area contributed by atoms with E-state index < -0.39 is 5.92 Å². The van der Waals surface area contributed by atoms with Crippen LogP contribution in [0.4, 0.5) is 0 Å². The predicted octanol–water partition coefficient (Wildman–Crippen LogP) is -0.538. The lowest BCUT2D eigenvalue weighted by molar-refractivity contribution is -0.134. The number of allylic oxidation sites excluding steroid dienone is 1. The first-order valence-corrected chi connectivity index (χ1v) is 5.58. The van der Waals surface area contributed by atoms with Crippen molar-refractivity contribution in [2.24, 2.45) is 0 Å². The van der Waals surface area contributed by atoms with Crippen LogP contribution in [-0.2, 0) is 9.59 Å². The lowest BCUT2D eigenvalue weighted by Crippen LogP contribution is -2.41. The standard InChI is InChI=1S/C13H13N3O2/c1-3-5-8-10(4-2)15-16-12(8)9-6-7-11(17)14-13(9)18/h3,5,9,15H,1-2,6-7H2,(H,14,17,18)/b8-5+. The smallest absolute Gasteiger partial charge is 0.235 e. The van der Waals surface area contributed by atoms with E-state index in [9.17, 15) is 9.59 Å². The molecule has 2 N–H and O–H groups in total. The third-order valence-electron chi connectivity index (χ3n) is 2.86. The Kier molecular flexibility index (Phi) is 3.26. The van der Waals surface area contributed by atoms with Crippen molar-refractivity contribution in [2.45, 2.75) is 18.8 Å². The Morgan fingerprint density at radius 3 is 2.83 bits per heavy atom. The molecule has 1 fully saturated rings. The molecule has 5 heteroatoms. The van der Waals surface area contributed by atoms with Gasteiger partial charge in [0.05, 0.1) is 11.6 Å². The van der Waals surface area contributed by atoms with Gasteiger partial charge in [0.2, 0.25) is 11.8 Å². The summed E-state index contributed by atoms with van der Waals surface area (Å²) in [6.45, 7) is 7.19. The van der Waals surface area contributed by atoms with Crippen molar-refractivity contribution in [3.8, 4) is 0 Å². The van der Waals surface area contributed by atoms with Gasteiger partial charge in [0.15, 0.2) is 0 Å². The van der Waals surface area contributed by atoms with E-state index in [2.05, 4.69) is 34.4 Å². The van der Waals surface area contributed by atoms with Crippen LogP contribution in [0.2, 0.25) is 0 Å². The Hall–Kier alpha value is -2.39. The summed E-state index contributed by atoms with van der Waals surface area (Å²) in [5.74, 6) is -0.976. The summed E-state index contributed by atoms with van der Waals surface area (Å²) in [5, 5.41) is 10.6. The summed E-state index contributed by atoms with van der Waals surface area (Å²) >= 11 is 0. The Balaban J connectivity index is 2.53. The van der Waals surface area contributed by atoms with Crippen molar-refractivity contribution >= 4 is 23.6 Å². The lowest BCUT2D eigenvalue weighted by Gasteiger charge is -2.18. The van der Waals surface area contributed by atoms with Crippen molar-refractivity contribution < 1.29 is 9.59 Å². The molecule has 1 saturated heterocycles. The Morgan fingerprint density at radius 1 is 1.44 bits per heavy atom. The fourth-order valence-electron chi connectivity index (χ4n) is 2.01. The molecule has 0 aliphatic carbocycles. The van der Waals surface area contributed by atoms with Gasteiger partial charge in [-0.25, -0.2) is 0 Å². The highest BCUT2D eigenvalue weighted by Crippen LogP contribution is 2.19. The summed E-state index contributed by atoms with van der Waals surface area (Å²) in [6.07, 6.45) is 4.14. The topological polar surface area (TPSA) is 74.8 Å². The minimum absolute atomic E-state index is 0.239. The molecule has 92 valence electrons. The largest absolute Gasteiger partial charge is 0.296 e. The first-order chi connectivity index (χ1) is 8.67. The van der Waals surface area contributed by atoms with Crippen LogP contribution in [0.1, 0.15) is 24.5 Å². The van der Waals surface area contributed by atoms with Crippen LogP contribution in [0.5, 0.6) is 0 Å². The summed E-state index contributed by atoms with van der Waals surface area (Å²) in [4.78, 5) is 22.9. The fraction of sp³-hybridized carbons (Fsp3) is 0.231. The van der Waals surface area contributed by atoms with Crippen molar-refractivity contribution in [3.05, 3.63) is 35.5 Å². The van der Waals surface area contributed by atoms with Gasteiger partial charge in [-0.3, -0.25) is 20.0 Å². The van der Waals surface area contributed by atoms with Gasteiger partial charge in [0.1, 0.15) is 5.35 Å². The molecule has 1 aliphatic rings. The molecule has 0 saturated carbocycles. The molecular weight excluding hydrogens is 230 g/mol. The molecule has 1 unspecified atom stereocenters. The third kappa shape index (κ3) is 2.04. The average Bonchev–Trinajstić information content (AvgIpc) is 2.73. The second-order valence-corrected chi connectivity index (χ2v) is 3.98. The maximum Gasteiger partial charge on any atom is 0.235 e. The van der Waals surface area contributed by atoms with E-state index in [0.717, 1.165) is 5.22 Å². The van der Waals surface area contributed by atoms with E-state index in [4.69, 9.17) is 0 Å². The van der Waals surface area contributed by atoms with Crippen molar-refractivity contribution in [1.82, 2.24) is 15.5 Å². The highest BCUT2D eigenvalue weighted by Gasteiger charge is 2.30.